The Balaban J connectivity index is 1.65. The van der Waals surface area contributed by atoms with Crippen molar-refractivity contribution in [3.05, 3.63) is 101 Å². The number of aryl methyl sites for hydroxylation is 1. The molecule has 0 bridgehead atoms. The Morgan fingerprint density at radius 1 is 1.11 bits per heavy atom. The number of benzene rings is 2. The number of rotatable bonds is 6. The summed E-state index contributed by atoms with van der Waals surface area (Å²) in [6.07, 6.45) is 2.70. The maximum Gasteiger partial charge on any atom is 0.318 e. The van der Waals surface area contributed by atoms with E-state index in [0.29, 0.717) is 26.1 Å². The number of ether oxygens (including phenoxy) is 1. The van der Waals surface area contributed by atoms with Gasteiger partial charge in [0.1, 0.15) is 11.6 Å². The van der Waals surface area contributed by atoms with Crippen LogP contribution < -0.4 is 5.32 Å². The number of carbonyl (C=O) groups is 1. The number of para-hydroxylation sites is 1. The van der Waals surface area contributed by atoms with Gasteiger partial charge < -0.3 is 19.5 Å². The third-order valence-corrected chi connectivity index (χ3v) is 6.33. The number of carbonyl (C=O) groups excluding carboxylic acids is 1. The SMILES string of the molecule is COCCCNC(=O)N1Cc2c(C)nn(-c3ccccc3)c2-n2cccc2[C@H]1c1ccc(F)cc1. The highest BCUT2D eigenvalue weighted by atomic mass is 19.1. The molecule has 1 aliphatic rings. The van der Waals surface area contributed by atoms with Crippen molar-refractivity contribution < 1.29 is 13.9 Å². The highest BCUT2D eigenvalue weighted by Crippen LogP contribution is 2.38. The molecule has 0 unspecified atom stereocenters. The number of methoxy groups -OCH3 is 1. The van der Waals surface area contributed by atoms with Crippen LogP contribution in [-0.4, -0.2) is 45.5 Å². The first-order valence-corrected chi connectivity index (χ1v) is 11.7. The van der Waals surface area contributed by atoms with Crippen LogP contribution in [0.25, 0.3) is 11.5 Å². The van der Waals surface area contributed by atoms with Gasteiger partial charge in [0.25, 0.3) is 0 Å². The summed E-state index contributed by atoms with van der Waals surface area (Å²) in [6.45, 7) is 3.38. The quantitative estimate of drug-likeness (QED) is 0.411. The lowest BCUT2D eigenvalue weighted by Gasteiger charge is -2.31. The van der Waals surface area contributed by atoms with Crippen LogP contribution in [0.15, 0.2) is 72.9 Å². The first-order chi connectivity index (χ1) is 17.1. The number of nitrogens with zero attached hydrogens (tertiary/aromatic N) is 4. The first kappa shape index (κ1) is 22.9. The molecule has 7 nitrogen and oxygen atoms in total. The van der Waals surface area contributed by atoms with Gasteiger partial charge in [0, 0.05) is 32.0 Å². The van der Waals surface area contributed by atoms with E-state index in [4.69, 9.17) is 9.84 Å². The number of halogens is 1. The molecule has 180 valence electrons. The van der Waals surface area contributed by atoms with E-state index in [1.165, 1.54) is 12.1 Å². The Morgan fingerprint density at radius 3 is 2.63 bits per heavy atom. The average molecular weight is 474 g/mol. The number of aromatic nitrogens is 3. The number of nitrogens with one attached hydrogen (secondary N) is 1. The molecule has 4 aromatic rings. The number of urea groups is 1. The molecule has 1 N–H and O–H groups in total. The minimum Gasteiger partial charge on any atom is -0.385 e. The highest BCUT2D eigenvalue weighted by Gasteiger charge is 2.35. The molecule has 0 radical (unpaired) electrons. The topological polar surface area (TPSA) is 64.3 Å². The van der Waals surface area contributed by atoms with Crippen molar-refractivity contribution in [2.75, 3.05) is 20.3 Å². The van der Waals surface area contributed by atoms with Crippen LogP contribution in [0.5, 0.6) is 0 Å². The monoisotopic (exact) mass is 473 g/mol. The second-order valence-corrected chi connectivity index (χ2v) is 8.60. The van der Waals surface area contributed by atoms with Crippen LogP contribution in [0.4, 0.5) is 9.18 Å². The molecule has 0 fully saturated rings. The summed E-state index contributed by atoms with van der Waals surface area (Å²) in [6, 6.07) is 19.7. The molecule has 2 amide bonds. The summed E-state index contributed by atoms with van der Waals surface area (Å²) in [4.78, 5) is 15.4. The summed E-state index contributed by atoms with van der Waals surface area (Å²) >= 11 is 0. The van der Waals surface area contributed by atoms with Crippen LogP contribution in [0.3, 0.4) is 0 Å². The largest absolute Gasteiger partial charge is 0.385 e. The molecule has 2 aromatic carbocycles. The Kier molecular flexibility index (Phi) is 6.37. The first-order valence-electron chi connectivity index (χ1n) is 11.7. The van der Waals surface area contributed by atoms with Crippen molar-refractivity contribution in [2.24, 2.45) is 0 Å². The van der Waals surface area contributed by atoms with Gasteiger partial charge in [-0.25, -0.2) is 13.9 Å². The van der Waals surface area contributed by atoms with Gasteiger partial charge in [0.15, 0.2) is 0 Å². The van der Waals surface area contributed by atoms with Crippen LogP contribution >= 0.6 is 0 Å². The van der Waals surface area contributed by atoms with E-state index in [1.54, 1.807) is 19.2 Å². The maximum absolute atomic E-state index is 13.8. The minimum absolute atomic E-state index is 0.192. The standard InChI is InChI=1S/C27H28FN5O2/c1-19-23-18-32(27(34)29-15-7-17-35-2)25(20-11-13-21(28)14-12-20)24-10-6-16-31(24)26(23)33(30-19)22-8-4-3-5-9-22/h3-6,8-14,16,25H,7,15,17-18H2,1-2H3,(H,29,34)/t25-/m1/s1. The van der Waals surface area contributed by atoms with Crippen molar-refractivity contribution in [2.45, 2.75) is 25.9 Å². The van der Waals surface area contributed by atoms with Gasteiger partial charge in [-0.15, -0.1) is 0 Å². The van der Waals surface area contributed by atoms with Crippen LogP contribution in [0.1, 0.15) is 35.0 Å². The molecule has 0 saturated carbocycles. The summed E-state index contributed by atoms with van der Waals surface area (Å²) < 4.78 is 22.9. The molecule has 35 heavy (non-hydrogen) atoms. The van der Waals surface area contributed by atoms with E-state index in [9.17, 15) is 9.18 Å². The fraction of sp³-hybridized carbons (Fsp3) is 0.259. The molecule has 0 aliphatic carbocycles. The number of amides is 2. The third kappa shape index (κ3) is 4.33. The van der Waals surface area contributed by atoms with E-state index in [1.807, 2.05) is 65.2 Å². The Labute approximate surface area is 203 Å². The van der Waals surface area contributed by atoms with Crippen LogP contribution in [0.2, 0.25) is 0 Å². The van der Waals surface area contributed by atoms with Gasteiger partial charge in [0.2, 0.25) is 0 Å². The predicted molar refractivity (Wildman–Crippen MR) is 131 cm³/mol. The summed E-state index contributed by atoms with van der Waals surface area (Å²) in [5.41, 5.74) is 4.48. The van der Waals surface area contributed by atoms with Gasteiger partial charge in [-0.2, -0.15) is 5.10 Å². The van der Waals surface area contributed by atoms with Crippen molar-refractivity contribution in [1.29, 1.82) is 0 Å². The van der Waals surface area contributed by atoms with Crippen LogP contribution in [-0.2, 0) is 11.3 Å². The fourth-order valence-electron chi connectivity index (χ4n) is 4.66. The molecular weight excluding hydrogens is 445 g/mol. The van der Waals surface area contributed by atoms with E-state index in [0.717, 1.165) is 34.0 Å². The predicted octanol–water partition coefficient (Wildman–Crippen LogP) is 4.76. The lowest BCUT2D eigenvalue weighted by atomic mass is 10.0. The molecule has 8 heteroatoms. The molecule has 0 saturated heterocycles. The molecule has 1 atom stereocenters. The van der Waals surface area contributed by atoms with Gasteiger partial charge >= 0.3 is 6.03 Å². The van der Waals surface area contributed by atoms with Gasteiger partial charge in [-0.1, -0.05) is 30.3 Å². The van der Waals surface area contributed by atoms with Gasteiger partial charge in [0.05, 0.1) is 29.7 Å². The molecule has 3 heterocycles. The van der Waals surface area contributed by atoms with E-state index in [-0.39, 0.29) is 11.8 Å². The maximum atomic E-state index is 13.8. The second-order valence-electron chi connectivity index (χ2n) is 8.60. The summed E-state index contributed by atoms with van der Waals surface area (Å²) in [7, 11) is 1.64. The van der Waals surface area contributed by atoms with E-state index in [2.05, 4.69) is 9.88 Å². The molecule has 0 spiro atoms. The number of fused-ring (bicyclic) bond motifs is 3. The smallest absolute Gasteiger partial charge is 0.318 e. The Morgan fingerprint density at radius 2 is 1.89 bits per heavy atom. The summed E-state index contributed by atoms with van der Waals surface area (Å²) in [5.74, 6) is 0.586. The Hall–Kier alpha value is -3.91. The summed E-state index contributed by atoms with van der Waals surface area (Å²) in [5, 5.41) is 7.88. The second kappa shape index (κ2) is 9.76. The third-order valence-electron chi connectivity index (χ3n) is 6.33. The average Bonchev–Trinajstić information content (AvgIpc) is 3.43. The van der Waals surface area contributed by atoms with Crippen molar-refractivity contribution in [3.8, 4) is 11.5 Å². The normalized spacial score (nSPS) is 14.8. The Bertz CT molecular complexity index is 1310. The lowest BCUT2D eigenvalue weighted by Crippen LogP contribution is -2.42. The van der Waals surface area contributed by atoms with E-state index >= 15 is 0 Å². The molecule has 5 rings (SSSR count). The molecule has 1 aliphatic heterocycles. The van der Waals surface area contributed by atoms with E-state index < -0.39 is 6.04 Å². The number of hydrogen-bond acceptors (Lipinski definition) is 3. The molecular formula is C27H28FN5O2. The van der Waals surface area contributed by atoms with Crippen molar-refractivity contribution in [1.82, 2.24) is 24.6 Å². The minimum atomic E-state index is -0.413. The van der Waals surface area contributed by atoms with Crippen molar-refractivity contribution >= 4 is 6.03 Å². The zero-order valence-corrected chi connectivity index (χ0v) is 19.8. The van der Waals surface area contributed by atoms with Gasteiger partial charge in [-0.05, 0) is 55.3 Å². The lowest BCUT2D eigenvalue weighted by molar-refractivity contribution is 0.174. The van der Waals surface area contributed by atoms with Crippen LogP contribution in [0, 0.1) is 12.7 Å². The zero-order chi connectivity index (χ0) is 24.4. The number of hydrogen-bond donors (Lipinski definition) is 1. The van der Waals surface area contributed by atoms with Crippen molar-refractivity contribution in [3.63, 3.8) is 0 Å². The highest BCUT2D eigenvalue weighted by molar-refractivity contribution is 5.76. The zero-order valence-electron chi connectivity index (χ0n) is 19.8. The van der Waals surface area contributed by atoms with Gasteiger partial charge in [-0.3, -0.25) is 0 Å². The molecule has 2 aromatic heterocycles. The fourth-order valence-corrected chi connectivity index (χ4v) is 4.66.